The molecule has 1 aromatic carbocycles. The summed E-state index contributed by atoms with van der Waals surface area (Å²) in [5.74, 6) is 0.174. The standard InChI is InChI=1S/C20H25NO6/c1-7-26-20(23)18-12(3)17(13(4)21-18)19(22)27-10-14-9-16(25-6)15(24-5)8-11(14)2/h8-9,21H,7,10H2,1-6H3. The van der Waals surface area contributed by atoms with Crippen LogP contribution in [0.1, 0.15) is 50.2 Å². The molecule has 7 nitrogen and oxygen atoms in total. The fraction of sp³-hybridized carbons (Fsp3) is 0.400. The van der Waals surface area contributed by atoms with Crippen molar-refractivity contribution in [2.45, 2.75) is 34.3 Å². The number of hydrogen-bond acceptors (Lipinski definition) is 6. The predicted molar refractivity (Wildman–Crippen MR) is 99.6 cm³/mol. The van der Waals surface area contributed by atoms with Crippen molar-refractivity contribution in [2.24, 2.45) is 0 Å². The Balaban J connectivity index is 2.21. The second-order valence-electron chi connectivity index (χ2n) is 6.06. The number of aryl methyl sites for hydroxylation is 2. The lowest BCUT2D eigenvalue weighted by Gasteiger charge is -2.13. The van der Waals surface area contributed by atoms with E-state index in [0.29, 0.717) is 28.3 Å². The van der Waals surface area contributed by atoms with Crippen molar-refractivity contribution in [3.63, 3.8) is 0 Å². The van der Waals surface area contributed by atoms with E-state index in [9.17, 15) is 9.59 Å². The van der Waals surface area contributed by atoms with E-state index in [1.165, 1.54) is 0 Å². The van der Waals surface area contributed by atoms with Gasteiger partial charge in [-0.25, -0.2) is 9.59 Å². The number of hydrogen-bond donors (Lipinski definition) is 1. The Morgan fingerprint density at radius 3 is 2.19 bits per heavy atom. The molecule has 0 aliphatic carbocycles. The van der Waals surface area contributed by atoms with Gasteiger partial charge >= 0.3 is 11.9 Å². The van der Waals surface area contributed by atoms with E-state index in [0.717, 1.165) is 11.1 Å². The minimum absolute atomic E-state index is 0.0732. The molecule has 7 heteroatoms. The summed E-state index contributed by atoms with van der Waals surface area (Å²) in [5.41, 5.74) is 3.40. The fourth-order valence-electron chi connectivity index (χ4n) is 2.86. The molecular formula is C20H25NO6. The third kappa shape index (κ3) is 4.24. The molecule has 2 rings (SSSR count). The van der Waals surface area contributed by atoms with Crippen LogP contribution in [0, 0.1) is 20.8 Å². The summed E-state index contributed by atoms with van der Waals surface area (Å²) in [6, 6.07) is 3.61. The topological polar surface area (TPSA) is 86.9 Å². The second kappa shape index (κ2) is 8.62. The van der Waals surface area contributed by atoms with Crippen LogP contribution in [0.4, 0.5) is 0 Å². The maximum Gasteiger partial charge on any atom is 0.355 e. The third-order valence-electron chi connectivity index (χ3n) is 4.32. The minimum atomic E-state index is -0.508. The van der Waals surface area contributed by atoms with Gasteiger partial charge < -0.3 is 23.9 Å². The molecule has 0 spiro atoms. The molecular weight excluding hydrogens is 350 g/mol. The molecule has 0 aliphatic heterocycles. The van der Waals surface area contributed by atoms with Crippen LogP contribution < -0.4 is 9.47 Å². The maximum absolute atomic E-state index is 12.6. The van der Waals surface area contributed by atoms with Gasteiger partial charge in [-0.3, -0.25) is 0 Å². The van der Waals surface area contributed by atoms with Gasteiger partial charge in [0.1, 0.15) is 12.3 Å². The van der Waals surface area contributed by atoms with E-state index in [4.69, 9.17) is 18.9 Å². The first-order valence-electron chi connectivity index (χ1n) is 8.58. The minimum Gasteiger partial charge on any atom is -0.493 e. The number of ether oxygens (including phenoxy) is 4. The Labute approximate surface area is 158 Å². The van der Waals surface area contributed by atoms with Crippen molar-refractivity contribution in [1.82, 2.24) is 4.98 Å². The van der Waals surface area contributed by atoms with Gasteiger partial charge in [0, 0.05) is 5.69 Å². The molecule has 0 bridgehead atoms. The number of carbonyl (C=O) groups excluding carboxylic acids is 2. The molecule has 0 saturated heterocycles. The lowest BCUT2D eigenvalue weighted by Crippen LogP contribution is -2.10. The fourth-order valence-corrected chi connectivity index (χ4v) is 2.86. The van der Waals surface area contributed by atoms with Crippen molar-refractivity contribution < 1.29 is 28.5 Å². The summed E-state index contributed by atoms with van der Waals surface area (Å²) < 4.78 is 21.0. The number of rotatable bonds is 7. The average molecular weight is 375 g/mol. The average Bonchev–Trinajstić information content (AvgIpc) is 2.94. The van der Waals surface area contributed by atoms with Crippen LogP contribution in [0.5, 0.6) is 11.5 Å². The third-order valence-corrected chi connectivity index (χ3v) is 4.32. The monoisotopic (exact) mass is 375 g/mol. The zero-order valence-corrected chi connectivity index (χ0v) is 16.5. The van der Waals surface area contributed by atoms with Gasteiger partial charge in [-0.05, 0) is 56.5 Å². The molecule has 0 amide bonds. The first kappa shape index (κ1) is 20.4. The van der Waals surface area contributed by atoms with E-state index in [1.807, 2.05) is 13.0 Å². The molecule has 27 heavy (non-hydrogen) atoms. The molecule has 0 saturated carbocycles. The highest BCUT2D eigenvalue weighted by molar-refractivity contribution is 5.98. The molecule has 0 atom stereocenters. The zero-order valence-electron chi connectivity index (χ0n) is 16.5. The van der Waals surface area contributed by atoms with Crippen molar-refractivity contribution in [1.29, 1.82) is 0 Å². The van der Waals surface area contributed by atoms with Crippen molar-refractivity contribution in [3.05, 3.63) is 45.8 Å². The van der Waals surface area contributed by atoms with Crippen LogP contribution in [0.15, 0.2) is 12.1 Å². The zero-order chi connectivity index (χ0) is 20.1. The summed E-state index contributed by atoms with van der Waals surface area (Å²) in [7, 11) is 3.11. The van der Waals surface area contributed by atoms with Gasteiger partial charge in [0.2, 0.25) is 0 Å². The highest BCUT2D eigenvalue weighted by Crippen LogP contribution is 2.31. The van der Waals surface area contributed by atoms with Gasteiger partial charge in [-0.1, -0.05) is 0 Å². The summed E-state index contributed by atoms with van der Waals surface area (Å²) in [4.78, 5) is 27.5. The van der Waals surface area contributed by atoms with Gasteiger partial charge in [-0.2, -0.15) is 0 Å². The molecule has 1 aromatic heterocycles. The molecule has 146 valence electrons. The largest absolute Gasteiger partial charge is 0.493 e. The summed E-state index contributed by atoms with van der Waals surface area (Å²) in [6.07, 6.45) is 0. The normalized spacial score (nSPS) is 10.4. The van der Waals surface area contributed by atoms with Gasteiger partial charge in [0.05, 0.1) is 26.4 Å². The number of carbonyl (C=O) groups is 2. The number of esters is 2. The Bertz CT molecular complexity index is 853. The van der Waals surface area contributed by atoms with Crippen LogP contribution in [0.2, 0.25) is 0 Å². The van der Waals surface area contributed by atoms with Gasteiger partial charge in [0.15, 0.2) is 11.5 Å². The SMILES string of the molecule is CCOC(=O)c1[nH]c(C)c(C(=O)OCc2cc(OC)c(OC)cc2C)c1C. The summed E-state index contributed by atoms with van der Waals surface area (Å²) in [6.45, 7) is 7.36. The lowest BCUT2D eigenvalue weighted by atomic mass is 10.1. The Morgan fingerprint density at radius 2 is 1.59 bits per heavy atom. The molecule has 0 radical (unpaired) electrons. The Hall–Kier alpha value is -2.96. The number of methoxy groups -OCH3 is 2. The lowest BCUT2D eigenvalue weighted by molar-refractivity contribution is 0.0470. The molecule has 0 fully saturated rings. The predicted octanol–water partition coefficient (Wildman–Crippen LogP) is 3.49. The first-order chi connectivity index (χ1) is 12.8. The molecule has 2 aromatic rings. The number of benzene rings is 1. The Morgan fingerprint density at radius 1 is 0.963 bits per heavy atom. The Kier molecular flexibility index (Phi) is 6.50. The van der Waals surface area contributed by atoms with E-state index < -0.39 is 11.9 Å². The van der Waals surface area contributed by atoms with Gasteiger partial charge in [0.25, 0.3) is 0 Å². The van der Waals surface area contributed by atoms with Crippen molar-refractivity contribution >= 4 is 11.9 Å². The number of H-pyrrole nitrogens is 1. The van der Waals surface area contributed by atoms with E-state index in [2.05, 4.69) is 4.98 Å². The molecule has 1 N–H and O–H groups in total. The van der Waals surface area contributed by atoms with Crippen LogP contribution in [-0.4, -0.2) is 37.7 Å². The molecule has 1 heterocycles. The van der Waals surface area contributed by atoms with Crippen LogP contribution in [-0.2, 0) is 16.1 Å². The van der Waals surface area contributed by atoms with E-state index in [-0.39, 0.29) is 18.9 Å². The van der Waals surface area contributed by atoms with Crippen molar-refractivity contribution in [2.75, 3.05) is 20.8 Å². The molecule has 0 aliphatic rings. The molecule has 0 unspecified atom stereocenters. The second-order valence-corrected chi connectivity index (χ2v) is 6.06. The van der Waals surface area contributed by atoms with Crippen molar-refractivity contribution in [3.8, 4) is 11.5 Å². The highest BCUT2D eigenvalue weighted by Gasteiger charge is 2.24. The smallest absolute Gasteiger partial charge is 0.355 e. The van der Waals surface area contributed by atoms with Crippen LogP contribution in [0.3, 0.4) is 0 Å². The summed E-state index contributed by atoms with van der Waals surface area (Å²) in [5, 5.41) is 0. The highest BCUT2D eigenvalue weighted by atomic mass is 16.5. The quantitative estimate of drug-likeness (QED) is 0.746. The first-order valence-corrected chi connectivity index (χ1v) is 8.58. The number of aromatic nitrogens is 1. The van der Waals surface area contributed by atoms with Gasteiger partial charge in [-0.15, -0.1) is 0 Å². The van der Waals surface area contributed by atoms with E-state index >= 15 is 0 Å². The maximum atomic E-state index is 12.6. The number of nitrogens with one attached hydrogen (secondary N) is 1. The van der Waals surface area contributed by atoms with Crippen LogP contribution in [0.25, 0.3) is 0 Å². The summed E-state index contributed by atoms with van der Waals surface area (Å²) >= 11 is 0. The number of aromatic amines is 1. The van der Waals surface area contributed by atoms with E-state index in [1.54, 1.807) is 41.1 Å². The van der Waals surface area contributed by atoms with Crippen LogP contribution >= 0.6 is 0 Å².